The molecule has 2 aromatic heterocycles. The van der Waals surface area contributed by atoms with Crippen LogP contribution in [0.1, 0.15) is 16.7 Å². The van der Waals surface area contributed by atoms with E-state index in [4.69, 9.17) is 14.7 Å². The second-order valence-corrected chi connectivity index (χ2v) is 9.35. The first-order valence-electron chi connectivity index (χ1n) is 10.6. The number of carboxylic acid groups (broad SMARTS) is 1. The Morgan fingerprint density at radius 2 is 2.19 bits per heavy atom. The van der Waals surface area contributed by atoms with E-state index in [1.807, 2.05) is 36.1 Å². The van der Waals surface area contributed by atoms with Crippen molar-refractivity contribution in [3.63, 3.8) is 0 Å². The molecule has 4 aromatic rings. The van der Waals surface area contributed by atoms with Gasteiger partial charge in [0.2, 0.25) is 0 Å². The van der Waals surface area contributed by atoms with Gasteiger partial charge in [-0.15, -0.1) is 0 Å². The molecule has 0 bridgehead atoms. The van der Waals surface area contributed by atoms with Crippen LogP contribution in [0.4, 0.5) is 9.52 Å². The monoisotopic (exact) mass is 449 g/mol. The number of fused-ring (bicyclic) bond motifs is 1. The Hall–Kier alpha value is -3.26. The van der Waals surface area contributed by atoms with Gasteiger partial charge >= 0.3 is 5.97 Å². The van der Waals surface area contributed by atoms with Crippen LogP contribution in [0.25, 0.3) is 32.2 Å². The number of hydrogen-bond acceptors (Lipinski definition) is 6. The van der Waals surface area contributed by atoms with Gasteiger partial charge in [-0.1, -0.05) is 11.3 Å². The Labute approximate surface area is 187 Å². The van der Waals surface area contributed by atoms with Crippen molar-refractivity contribution in [1.82, 2.24) is 9.97 Å². The molecule has 162 valence electrons. The van der Waals surface area contributed by atoms with Crippen molar-refractivity contribution in [2.75, 3.05) is 24.6 Å². The first-order valence-corrected chi connectivity index (χ1v) is 11.4. The molecule has 1 fully saturated rings. The van der Waals surface area contributed by atoms with Crippen LogP contribution in [0.5, 0.6) is 5.75 Å². The van der Waals surface area contributed by atoms with Crippen LogP contribution >= 0.6 is 11.3 Å². The molecule has 2 aromatic carbocycles. The largest absolute Gasteiger partial charge is 0.493 e. The summed E-state index contributed by atoms with van der Waals surface area (Å²) >= 11 is 1.49. The molecule has 0 saturated carbocycles. The van der Waals surface area contributed by atoms with Crippen molar-refractivity contribution in [3.05, 3.63) is 47.2 Å². The van der Waals surface area contributed by atoms with Crippen LogP contribution in [0.3, 0.4) is 0 Å². The second kappa shape index (κ2) is 7.13. The van der Waals surface area contributed by atoms with Crippen molar-refractivity contribution >= 4 is 43.6 Å². The number of carboxylic acids is 1. The van der Waals surface area contributed by atoms with Gasteiger partial charge in [0.05, 0.1) is 41.9 Å². The summed E-state index contributed by atoms with van der Waals surface area (Å²) in [5.74, 6) is -0.0816. The number of nitrogens with zero attached hydrogens (tertiary/aromatic N) is 3. The number of anilines is 1. The van der Waals surface area contributed by atoms with Crippen LogP contribution in [-0.4, -0.2) is 46.9 Å². The lowest BCUT2D eigenvalue weighted by Crippen LogP contribution is -2.48. The molecule has 0 aliphatic carbocycles. The zero-order valence-electron chi connectivity index (χ0n) is 17.4. The summed E-state index contributed by atoms with van der Waals surface area (Å²) in [6, 6.07) is 7.88. The first kappa shape index (κ1) is 19.4. The van der Waals surface area contributed by atoms with Gasteiger partial charge in [0, 0.05) is 29.1 Å². The summed E-state index contributed by atoms with van der Waals surface area (Å²) in [7, 11) is 0. The molecule has 4 heterocycles. The Balaban J connectivity index is 1.66. The number of halogens is 1. The molecule has 0 spiro atoms. The van der Waals surface area contributed by atoms with Gasteiger partial charge in [-0.25, -0.2) is 9.37 Å². The van der Waals surface area contributed by atoms with E-state index < -0.39 is 12.1 Å². The number of hydrogen-bond donors (Lipinski definition) is 1. The molecule has 6 nitrogen and oxygen atoms in total. The average molecular weight is 450 g/mol. The molecule has 0 amide bonds. The molecule has 32 heavy (non-hydrogen) atoms. The van der Waals surface area contributed by atoms with Crippen molar-refractivity contribution in [2.45, 2.75) is 25.9 Å². The minimum atomic E-state index is -0.888. The number of ether oxygens (including phenoxy) is 1. The van der Waals surface area contributed by atoms with Gasteiger partial charge in [0.15, 0.2) is 5.13 Å². The molecule has 1 N–H and O–H groups in total. The van der Waals surface area contributed by atoms with Crippen LogP contribution in [0.2, 0.25) is 0 Å². The normalized spacial score (nSPS) is 15.8. The molecule has 6 rings (SSSR count). The Morgan fingerprint density at radius 3 is 2.97 bits per heavy atom. The standard InChI is InChI=1S/C24H20FN3O3S/c1-12-8-17-23(32-24(27-17)28-10-14(25)11-28)21(16(12)9-19(29)30)15-2-3-18-20-13(5-7-31-18)4-6-26-22(15)20/h2-4,6,8,14H,5,7,9-11H2,1H3,(H,29,30). The Kier molecular flexibility index (Phi) is 4.33. The van der Waals surface area contributed by atoms with Crippen LogP contribution < -0.4 is 9.64 Å². The van der Waals surface area contributed by atoms with Gasteiger partial charge < -0.3 is 14.7 Å². The minimum Gasteiger partial charge on any atom is -0.493 e. The molecule has 0 atom stereocenters. The van der Waals surface area contributed by atoms with Crippen molar-refractivity contribution in [3.8, 4) is 16.9 Å². The van der Waals surface area contributed by atoms with Crippen molar-refractivity contribution < 1.29 is 19.0 Å². The summed E-state index contributed by atoms with van der Waals surface area (Å²) in [6.45, 7) is 3.24. The molecule has 2 aliphatic heterocycles. The quantitative estimate of drug-likeness (QED) is 0.493. The van der Waals surface area contributed by atoms with Crippen molar-refractivity contribution in [2.24, 2.45) is 0 Å². The van der Waals surface area contributed by atoms with Crippen LogP contribution in [-0.2, 0) is 17.6 Å². The molecule has 1 saturated heterocycles. The zero-order chi connectivity index (χ0) is 22.0. The highest BCUT2D eigenvalue weighted by Crippen LogP contribution is 2.45. The third-order valence-electron chi connectivity index (χ3n) is 6.27. The third kappa shape index (κ3) is 2.93. The average Bonchev–Trinajstić information content (AvgIpc) is 3.16. The van der Waals surface area contributed by atoms with Crippen molar-refractivity contribution in [1.29, 1.82) is 0 Å². The van der Waals surface area contributed by atoms with E-state index in [0.29, 0.717) is 19.7 Å². The van der Waals surface area contributed by atoms with Gasteiger partial charge in [0.25, 0.3) is 0 Å². The number of alkyl halides is 1. The summed E-state index contributed by atoms with van der Waals surface area (Å²) in [5.41, 5.74) is 6.14. The van der Waals surface area contributed by atoms with Crippen LogP contribution in [0.15, 0.2) is 30.5 Å². The van der Waals surface area contributed by atoms with E-state index in [0.717, 1.165) is 60.7 Å². The highest BCUT2D eigenvalue weighted by atomic mass is 32.1. The second-order valence-electron chi connectivity index (χ2n) is 8.37. The Bertz CT molecular complexity index is 1400. The number of aromatic nitrogens is 2. The van der Waals surface area contributed by atoms with Crippen LogP contribution in [0, 0.1) is 6.92 Å². The molecular weight excluding hydrogens is 429 g/mol. The predicted octanol–water partition coefficient (Wildman–Crippen LogP) is 4.54. The minimum absolute atomic E-state index is 0.0972. The highest BCUT2D eigenvalue weighted by molar-refractivity contribution is 7.22. The highest BCUT2D eigenvalue weighted by Gasteiger charge is 2.30. The number of carbonyl (C=O) groups is 1. The van der Waals surface area contributed by atoms with E-state index in [9.17, 15) is 14.3 Å². The fourth-order valence-corrected chi connectivity index (χ4v) is 5.86. The maximum Gasteiger partial charge on any atom is 0.307 e. The number of aryl methyl sites for hydroxylation is 1. The lowest BCUT2D eigenvalue weighted by Gasteiger charge is -2.33. The van der Waals surface area contributed by atoms with Gasteiger partial charge in [-0.3, -0.25) is 9.78 Å². The third-order valence-corrected chi connectivity index (χ3v) is 7.42. The summed E-state index contributed by atoms with van der Waals surface area (Å²) in [6.07, 6.45) is 1.69. The number of pyridine rings is 1. The summed E-state index contributed by atoms with van der Waals surface area (Å²) in [5, 5.41) is 11.4. The predicted molar refractivity (Wildman–Crippen MR) is 123 cm³/mol. The SMILES string of the molecule is Cc1cc2nc(N3CC(F)C3)sc2c(-c2ccc3c4c(ccnc24)CCO3)c1CC(=O)O. The molecule has 8 heteroatoms. The lowest BCUT2D eigenvalue weighted by atomic mass is 9.90. The van der Waals surface area contributed by atoms with E-state index in [1.54, 1.807) is 6.20 Å². The van der Waals surface area contributed by atoms with E-state index in [-0.39, 0.29) is 6.42 Å². The summed E-state index contributed by atoms with van der Waals surface area (Å²) in [4.78, 5) is 23.2. The number of thiazole rings is 1. The first-order chi connectivity index (χ1) is 15.5. The van der Waals surface area contributed by atoms with Gasteiger partial charge in [-0.2, -0.15) is 0 Å². The number of benzene rings is 2. The fourth-order valence-electron chi connectivity index (χ4n) is 4.71. The lowest BCUT2D eigenvalue weighted by molar-refractivity contribution is -0.136. The molecule has 0 unspecified atom stereocenters. The maximum absolute atomic E-state index is 13.5. The van der Waals surface area contributed by atoms with E-state index >= 15 is 0 Å². The van der Waals surface area contributed by atoms with Gasteiger partial charge in [-0.05, 0) is 47.9 Å². The fraction of sp³-hybridized carbons (Fsp3) is 0.292. The number of aliphatic carboxylic acids is 1. The number of rotatable bonds is 4. The van der Waals surface area contributed by atoms with E-state index in [1.165, 1.54) is 16.9 Å². The molecular formula is C24H20FN3O3S. The zero-order valence-corrected chi connectivity index (χ0v) is 18.2. The topological polar surface area (TPSA) is 75.5 Å². The van der Waals surface area contributed by atoms with Gasteiger partial charge in [0.1, 0.15) is 11.9 Å². The van der Waals surface area contributed by atoms with E-state index in [2.05, 4.69) is 0 Å². The maximum atomic E-state index is 13.5. The molecule has 0 radical (unpaired) electrons. The molecule has 2 aliphatic rings. The summed E-state index contributed by atoms with van der Waals surface area (Å²) < 4.78 is 20.2. The smallest absolute Gasteiger partial charge is 0.307 e. The Morgan fingerprint density at radius 1 is 1.34 bits per heavy atom.